The maximum atomic E-state index is 10.6. The van der Waals surface area contributed by atoms with E-state index in [0.29, 0.717) is 13.0 Å². The van der Waals surface area contributed by atoms with Gasteiger partial charge in [-0.25, -0.2) is 0 Å². The Balaban J connectivity index is 3.00. The summed E-state index contributed by atoms with van der Waals surface area (Å²) >= 11 is 0. The van der Waals surface area contributed by atoms with Gasteiger partial charge in [-0.1, -0.05) is 6.42 Å². The minimum atomic E-state index is -0.120. The zero-order chi connectivity index (χ0) is 9.23. The zero-order valence-corrected chi connectivity index (χ0v) is 7.21. The van der Waals surface area contributed by atoms with E-state index < -0.39 is 0 Å². The first kappa shape index (κ1) is 11.1. The number of nitrogens with two attached hydrogens (primary N) is 1. The topological polar surface area (TPSA) is 72.2 Å². The summed E-state index contributed by atoms with van der Waals surface area (Å²) in [6.07, 6.45) is 4.33. The molecule has 0 aliphatic carbocycles. The van der Waals surface area contributed by atoms with Gasteiger partial charge in [-0.2, -0.15) is 0 Å². The van der Waals surface area contributed by atoms with Crippen LogP contribution >= 0.6 is 0 Å². The van der Waals surface area contributed by atoms with Crippen molar-refractivity contribution in [2.45, 2.75) is 25.7 Å². The smallest absolute Gasteiger partial charge is 0.233 e. The third-order valence-corrected chi connectivity index (χ3v) is 1.51. The van der Waals surface area contributed by atoms with Gasteiger partial charge in [0.25, 0.3) is 0 Å². The van der Waals surface area contributed by atoms with Crippen LogP contribution < -0.4 is 11.1 Å². The second-order valence-corrected chi connectivity index (χ2v) is 2.57. The van der Waals surface area contributed by atoms with Crippen molar-refractivity contribution in [2.75, 3.05) is 13.1 Å². The van der Waals surface area contributed by atoms with Crippen LogP contribution in [0.15, 0.2) is 0 Å². The summed E-state index contributed by atoms with van der Waals surface area (Å²) in [5.41, 5.74) is 5.08. The monoisotopic (exact) mass is 172 g/mol. The van der Waals surface area contributed by atoms with Crippen LogP contribution in [0.5, 0.6) is 0 Å². The Kier molecular flexibility index (Phi) is 7.58. The first-order chi connectivity index (χ1) is 5.81. The molecule has 0 fully saturated rings. The van der Waals surface area contributed by atoms with E-state index in [2.05, 4.69) is 5.32 Å². The number of amides is 1. The van der Waals surface area contributed by atoms with Crippen LogP contribution in [0, 0.1) is 0 Å². The molecule has 0 rings (SSSR count). The molecule has 3 N–H and O–H groups in total. The number of carbonyl (C=O) groups is 2. The van der Waals surface area contributed by atoms with Crippen molar-refractivity contribution >= 4 is 12.2 Å². The van der Waals surface area contributed by atoms with Crippen molar-refractivity contribution in [1.29, 1.82) is 0 Å². The Morgan fingerprint density at radius 1 is 1.33 bits per heavy atom. The second kappa shape index (κ2) is 8.20. The van der Waals surface area contributed by atoms with Crippen molar-refractivity contribution in [3.63, 3.8) is 0 Å². The molecule has 0 aliphatic heterocycles. The van der Waals surface area contributed by atoms with Gasteiger partial charge in [0.05, 0.1) is 6.54 Å². The highest BCUT2D eigenvalue weighted by Crippen LogP contribution is 1.95. The van der Waals surface area contributed by atoms with Crippen molar-refractivity contribution < 1.29 is 9.59 Å². The molecule has 0 aromatic rings. The number of nitrogens with one attached hydrogen (secondary N) is 1. The lowest BCUT2D eigenvalue weighted by Gasteiger charge is -2.01. The van der Waals surface area contributed by atoms with Crippen LogP contribution in [0.3, 0.4) is 0 Å². The van der Waals surface area contributed by atoms with Crippen LogP contribution in [0.25, 0.3) is 0 Å². The molecule has 0 aromatic heterocycles. The Morgan fingerprint density at radius 2 is 2.08 bits per heavy atom. The van der Waals surface area contributed by atoms with Crippen LogP contribution in [-0.2, 0) is 9.59 Å². The van der Waals surface area contributed by atoms with Crippen molar-refractivity contribution in [3.8, 4) is 0 Å². The Bertz CT molecular complexity index is 137. The summed E-state index contributed by atoms with van der Waals surface area (Å²) in [5.74, 6) is -0.120. The van der Waals surface area contributed by atoms with Crippen LogP contribution in [0.1, 0.15) is 25.7 Å². The highest BCUT2D eigenvalue weighted by molar-refractivity contribution is 5.77. The minimum absolute atomic E-state index is 0.0499. The van der Waals surface area contributed by atoms with Gasteiger partial charge in [-0.15, -0.1) is 0 Å². The molecule has 0 bridgehead atoms. The van der Waals surface area contributed by atoms with Gasteiger partial charge in [0.15, 0.2) is 0 Å². The number of hydrogen-bond acceptors (Lipinski definition) is 3. The predicted octanol–water partition coefficient (Wildman–Crippen LogP) is -0.179. The van der Waals surface area contributed by atoms with Gasteiger partial charge in [0.1, 0.15) is 6.29 Å². The van der Waals surface area contributed by atoms with E-state index >= 15 is 0 Å². The lowest BCUT2D eigenvalue weighted by molar-refractivity contribution is -0.119. The third-order valence-electron chi connectivity index (χ3n) is 1.51. The Labute approximate surface area is 72.5 Å². The Morgan fingerprint density at radius 3 is 2.67 bits per heavy atom. The van der Waals surface area contributed by atoms with E-state index in [-0.39, 0.29) is 12.5 Å². The van der Waals surface area contributed by atoms with Crippen molar-refractivity contribution in [2.24, 2.45) is 5.73 Å². The minimum Gasteiger partial charge on any atom is -0.355 e. The molecule has 0 atom stereocenters. The largest absolute Gasteiger partial charge is 0.355 e. The van der Waals surface area contributed by atoms with E-state index in [1.54, 1.807) is 0 Å². The second-order valence-electron chi connectivity index (χ2n) is 2.57. The number of aldehydes is 1. The van der Waals surface area contributed by atoms with Crippen LogP contribution in [-0.4, -0.2) is 25.3 Å². The third kappa shape index (κ3) is 7.21. The number of carbonyl (C=O) groups excluding carboxylic acids is 2. The predicted molar refractivity (Wildman–Crippen MR) is 46.6 cm³/mol. The Hall–Kier alpha value is -0.900. The van der Waals surface area contributed by atoms with Gasteiger partial charge in [0.2, 0.25) is 5.91 Å². The SMILES string of the molecule is NCC(=O)NCCCCCC=O. The van der Waals surface area contributed by atoms with E-state index in [9.17, 15) is 9.59 Å². The van der Waals surface area contributed by atoms with Gasteiger partial charge in [-0.3, -0.25) is 4.79 Å². The van der Waals surface area contributed by atoms with E-state index in [0.717, 1.165) is 25.5 Å². The van der Waals surface area contributed by atoms with Crippen LogP contribution in [0.2, 0.25) is 0 Å². The summed E-state index contributed by atoms with van der Waals surface area (Å²) in [5, 5.41) is 2.66. The molecule has 4 nitrogen and oxygen atoms in total. The molecule has 12 heavy (non-hydrogen) atoms. The van der Waals surface area contributed by atoms with E-state index in [1.807, 2.05) is 0 Å². The molecule has 1 amide bonds. The van der Waals surface area contributed by atoms with E-state index in [4.69, 9.17) is 5.73 Å². The first-order valence-electron chi connectivity index (χ1n) is 4.21. The molecule has 0 saturated carbocycles. The van der Waals surface area contributed by atoms with E-state index in [1.165, 1.54) is 0 Å². The number of unbranched alkanes of at least 4 members (excludes halogenated alkanes) is 3. The fourth-order valence-electron chi connectivity index (χ4n) is 0.829. The maximum Gasteiger partial charge on any atom is 0.233 e. The number of rotatable bonds is 7. The summed E-state index contributed by atoms with van der Waals surface area (Å²) in [6, 6.07) is 0. The lowest BCUT2D eigenvalue weighted by Crippen LogP contribution is -2.30. The molecule has 0 unspecified atom stereocenters. The molecule has 4 heteroatoms. The maximum absolute atomic E-state index is 10.6. The zero-order valence-electron chi connectivity index (χ0n) is 7.21. The van der Waals surface area contributed by atoms with Crippen molar-refractivity contribution in [1.82, 2.24) is 5.32 Å². The molecular formula is C8H16N2O2. The number of hydrogen-bond donors (Lipinski definition) is 2. The first-order valence-corrected chi connectivity index (χ1v) is 4.21. The molecule has 0 aromatic carbocycles. The van der Waals surface area contributed by atoms with Gasteiger partial charge in [-0.05, 0) is 12.8 Å². The van der Waals surface area contributed by atoms with Crippen LogP contribution in [0.4, 0.5) is 0 Å². The average Bonchev–Trinajstić information content (AvgIpc) is 2.10. The molecule has 0 radical (unpaired) electrons. The molecule has 0 aliphatic rings. The lowest BCUT2D eigenvalue weighted by atomic mass is 10.2. The molecule has 0 saturated heterocycles. The van der Waals surface area contributed by atoms with Crippen molar-refractivity contribution in [3.05, 3.63) is 0 Å². The molecular weight excluding hydrogens is 156 g/mol. The fraction of sp³-hybridized carbons (Fsp3) is 0.750. The standard InChI is InChI=1S/C8H16N2O2/c9-7-8(12)10-5-3-1-2-4-6-11/h6H,1-5,7,9H2,(H,10,12). The summed E-state index contributed by atoms with van der Waals surface area (Å²) in [7, 11) is 0. The summed E-state index contributed by atoms with van der Waals surface area (Å²) in [4.78, 5) is 20.5. The highest BCUT2D eigenvalue weighted by Gasteiger charge is 1.94. The fourth-order valence-corrected chi connectivity index (χ4v) is 0.829. The van der Waals surface area contributed by atoms with Gasteiger partial charge in [0, 0.05) is 13.0 Å². The van der Waals surface area contributed by atoms with Gasteiger partial charge < -0.3 is 15.8 Å². The summed E-state index contributed by atoms with van der Waals surface area (Å²) < 4.78 is 0. The highest BCUT2D eigenvalue weighted by atomic mass is 16.1. The molecule has 70 valence electrons. The summed E-state index contributed by atoms with van der Waals surface area (Å²) in [6.45, 7) is 0.712. The quantitative estimate of drug-likeness (QED) is 0.413. The van der Waals surface area contributed by atoms with Gasteiger partial charge >= 0.3 is 0 Å². The normalized spacial score (nSPS) is 9.42. The molecule has 0 spiro atoms. The molecule has 0 heterocycles. The average molecular weight is 172 g/mol.